The lowest BCUT2D eigenvalue weighted by atomic mass is 10.0. The van der Waals surface area contributed by atoms with E-state index in [9.17, 15) is 10.2 Å². The predicted octanol–water partition coefficient (Wildman–Crippen LogP) is 4.14. The molecule has 0 aliphatic rings. The van der Waals surface area contributed by atoms with Crippen LogP contribution in [0.5, 0.6) is 0 Å². The van der Waals surface area contributed by atoms with E-state index in [4.69, 9.17) is 0 Å². The summed E-state index contributed by atoms with van der Waals surface area (Å²) in [6, 6.07) is 9.99. The van der Waals surface area contributed by atoms with Crippen molar-refractivity contribution in [2.45, 2.75) is 64.1 Å². The Labute approximate surface area is 127 Å². The van der Waals surface area contributed by atoms with Crippen molar-refractivity contribution in [3.05, 3.63) is 36.0 Å². The number of unbranched alkanes of at least 4 members (excludes halogenated alkanes) is 5. The van der Waals surface area contributed by atoms with Crippen LogP contribution in [0.4, 0.5) is 0 Å². The van der Waals surface area contributed by atoms with Gasteiger partial charge < -0.3 is 15.2 Å². The molecule has 1 aromatic heterocycles. The monoisotopic (exact) mass is 289 g/mol. The van der Waals surface area contributed by atoms with E-state index < -0.39 is 5.79 Å². The number of hydrogen-bond donors (Lipinski definition) is 3. The summed E-state index contributed by atoms with van der Waals surface area (Å²) in [6.45, 7) is 2.20. The average molecular weight is 289 g/mol. The van der Waals surface area contributed by atoms with Gasteiger partial charge in [-0.1, -0.05) is 57.2 Å². The van der Waals surface area contributed by atoms with Crippen LogP contribution in [0.2, 0.25) is 0 Å². The quantitative estimate of drug-likeness (QED) is 0.480. The Balaban J connectivity index is 1.79. The van der Waals surface area contributed by atoms with E-state index in [0.717, 1.165) is 29.4 Å². The number of fused-ring (bicyclic) bond motifs is 1. The van der Waals surface area contributed by atoms with Gasteiger partial charge in [-0.2, -0.15) is 0 Å². The fourth-order valence-corrected chi connectivity index (χ4v) is 2.81. The first-order valence-electron chi connectivity index (χ1n) is 8.12. The molecule has 3 heteroatoms. The maximum atomic E-state index is 10.1. The zero-order valence-corrected chi connectivity index (χ0v) is 12.9. The summed E-state index contributed by atoms with van der Waals surface area (Å²) in [7, 11) is 0. The second-order valence-electron chi connectivity index (χ2n) is 6.06. The van der Waals surface area contributed by atoms with Gasteiger partial charge in [-0.05, 0) is 23.9 Å². The molecule has 2 rings (SSSR count). The second kappa shape index (κ2) is 7.62. The highest BCUT2D eigenvalue weighted by atomic mass is 16.5. The Hall–Kier alpha value is -1.32. The average Bonchev–Trinajstić information content (AvgIpc) is 2.83. The summed E-state index contributed by atoms with van der Waals surface area (Å²) in [5, 5.41) is 21.4. The highest BCUT2D eigenvalue weighted by molar-refractivity contribution is 5.80. The van der Waals surface area contributed by atoms with Gasteiger partial charge in [0.1, 0.15) is 0 Å². The van der Waals surface area contributed by atoms with E-state index in [1.807, 2.05) is 30.3 Å². The number of rotatable bonds is 9. The van der Waals surface area contributed by atoms with Crippen molar-refractivity contribution in [2.24, 2.45) is 0 Å². The third-order valence-electron chi connectivity index (χ3n) is 3.99. The summed E-state index contributed by atoms with van der Waals surface area (Å²) in [6.07, 6.45) is 7.61. The van der Waals surface area contributed by atoms with E-state index in [1.165, 1.54) is 25.7 Å². The molecular weight excluding hydrogens is 262 g/mol. The molecule has 3 nitrogen and oxygen atoms in total. The van der Waals surface area contributed by atoms with Gasteiger partial charge >= 0.3 is 0 Å². The lowest BCUT2D eigenvalue weighted by Gasteiger charge is -2.21. The van der Waals surface area contributed by atoms with E-state index in [1.54, 1.807) is 0 Å². The molecule has 0 aliphatic heterocycles. The Bertz CT molecular complexity index is 512. The molecule has 116 valence electrons. The number of para-hydroxylation sites is 1. The Morgan fingerprint density at radius 2 is 1.71 bits per heavy atom. The molecule has 3 N–H and O–H groups in total. The smallest absolute Gasteiger partial charge is 0.168 e. The third kappa shape index (κ3) is 5.18. The number of nitrogens with one attached hydrogen (secondary N) is 1. The molecule has 21 heavy (non-hydrogen) atoms. The van der Waals surface area contributed by atoms with Crippen LogP contribution in [0.3, 0.4) is 0 Å². The van der Waals surface area contributed by atoms with E-state index >= 15 is 0 Å². The SMILES string of the molecule is CCCCCCCCC(O)(O)Cc1cc2ccccc2[nH]1. The number of aliphatic hydroxyl groups is 2. The van der Waals surface area contributed by atoms with Crippen LogP contribution in [0.25, 0.3) is 10.9 Å². The number of benzene rings is 1. The molecule has 1 heterocycles. The minimum Gasteiger partial charge on any atom is -0.365 e. The number of hydrogen-bond acceptors (Lipinski definition) is 2. The van der Waals surface area contributed by atoms with Crippen LogP contribution in [0, 0.1) is 0 Å². The van der Waals surface area contributed by atoms with Crippen LogP contribution in [-0.4, -0.2) is 21.0 Å². The summed E-state index contributed by atoms with van der Waals surface area (Å²) >= 11 is 0. The van der Waals surface area contributed by atoms with Crippen molar-refractivity contribution in [3.63, 3.8) is 0 Å². The van der Waals surface area contributed by atoms with Crippen LogP contribution in [-0.2, 0) is 6.42 Å². The summed E-state index contributed by atoms with van der Waals surface area (Å²) in [5.41, 5.74) is 1.93. The van der Waals surface area contributed by atoms with Gasteiger partial charge in [-0.3, -0.25) is 0 Å². The highest BCUT2D eigenvalue weighted by Crippen LogP contribution is 2.21. The van der Waals surface area contributed by atoms with Gasteiger partial charge in [0.05, 0.1) is 0 Å². The first-order valence-corrected chi connectivity index (χ1v) is 8.12. The molecule has 2 aromatic rings. The molecule has 0 radical (unpaired) electrons. The first-order chi connectivity index (χ1) is 10.1. The van der Waals surface area contributed by atoms with Crippen molar-refractivity contribution >= 4 is 10.9 Å². The van der Waals surface area contributed by atoms with Crippen molar-refractivity contribution in [2.75, 3.05) is 0 Å². The summed E-state index contributed by atoms with van der Waals surface area (Å²) in [4.78, 5) is 3.25. The van der Waals surface area contributed by atoms with E-state index in [-0.39, 0.29) is 6.42 Å². The van der Waals surface area contributed by atoms with Crippen molar-refractivity contribution in [1.82, 2.24) is 4.98 Å². The van der Waals surface area contributed by atoms with Crippen LogP contribution in [0.1, 0.15) is 57.6 Å². The van der Waals surface area contributed by atoms with Crippen LogP contribution >= 0.6 is 0 Å². The maximum absolute atomic E-state index is 10.1. The number of aromatic nitrogens is 1. The van der Waals surface area contributed by atoms with Gasteiger partial charge in [-0.25, -0.2) is 0 Å². The van der Waals surface area contributed by atoms with E-state index in [2.05, 4.69) is 11.9 Å². The normalized spacial score (nSPS) is 12.1. The van der Waals surface area contributed by atoms with E-state index in [0.29, 0.717) is 6.42 Å². The predicted molar refractivity (Wildman–Crippen MR) is 87.2 cm³/mol. The molecular formula is C18H27NO2. The lowest BCUT2D eigenvalue weighted by molar-refractivity contribution is -0.165. The fourth-order valence-electron chi connectivity index (χ4n) is 2.81. The Morgan fingerprint density at radius 3 is 2.48 bits per heavy atom. The molecule has 0 saturated heterocycles. The highest BCUT2D eigenvalue weighted by Gasteiger charge is 2.23. The molecule has 0 amide bonds. The molecule has 0 unspecified atom stereocenters. The fraction of sp³-hybridized carbons (Fsp3) is 0.556. The zero-order valence-electron chi connectivity index (χ0n) is 12.9. The lowest BCUT2D eigenvalue weighted by Crippen LogP contribution is -2.30. The zero-order chi connectivity index (χ0) is 15.1. The molecule has 0 bridgehead atoms. The molecule has 0 aliphatic carbocycles. The molecule has 0 atom stereocenters. The molecule has 0 spiro atoms. The van der Waals surface area contributed by atoms with Gasteiger partial charge in [0.25, 0.3) is 0 Å². The minimum absolute atomic E-state index is 0.261. The molecule has 0 saturated carbocycles. The first kappa shape index (κ1) is 16.1. The topological polar surface area (TPSA) is 56.2 Å². The standard InChI is InChI=1S/C18H27NO2/c1-2-3-4-5-6-9-12-18(20,21)14-16-13-15-10-7-8-11-17(15)19-16/h7-8,10-11,13,19-21H,2-6,9,12,14H2,1H3. The van der Waals surface area contributed by atoms with Crippen molar-refractivity contribution in [3.8, 4) is 0 Å². The van der Waals surface area contributed by atoms with Crippen molar-refractivity contribution < 1.29 is 10.2 Å². The van der Waals surface area contributed by atoms with Gasteiger partial charge in [0.15, 0.2) is 5.79 Å². The van der Waals surface area contributed by atoms with Crippen molar-refractivity contribution in [1.29, 1.82) is 0 Å². The summed E-state index contributed by atoms with van der Waals surface area (Å²) in [5.74, 6) is -1.61. The van der Waals surface area contributed by atoms with Gasteiger partial charge in [-0.15, -0.1) is 0 Å². The second-order valence-corrected chi connectivity index (χ2v) is 6.06. The minimum atomic E-state index is -1.61. The Morgan fingerprint density at radius 1 is 1.00 bits per heavy atom. The van der Waals surface area contributed by atoms with Crippen LogP contribution < -0.4 is 0 Å². The van der Waals surface area contributed by atoms with Crippen LogP contribution in [0.15, 0.2) is 30.3 Å². The maximum Gasteiger partial charge on any atom is 0.168 e. The van der Waals surface area contributed by atoms with Gasteiger partial charge in [0.2, 0.25) is 0 Å². The van der Waals surface area contributed by atoms with Gasteiger partial charge in [0, 0.05) is 24.1 Å². The number of H-pyrrole nitrogens is 1. The number of aromatic amines is 1. The third-order valence-corrected chi connectivity index (χ3v) is 3.99. The molecule has 0 fully saturated rings. The molecule has 1 aromatic carbocycles. The summed E-state index contributed by atoms with van der Waals surface area (Å²) < 4.78 is 0. The Kier molecular flexibility index (Phi) is 5.83. The largest absolute Gasteiger partial charge is 0.365 e.